The number of hydrogen-bond donors (Lipinski definition) is 2. The molecule has 2 fully saturated rings. The van der Waals surface area contributed by atoms with Gasteiger partial charge >= 0.3 is 0 Å². The van der Waals surface area contributed by atoms with Crippen molar-refractivity contribution >= 4 is 5.69 Å². The zero-order valence-electron chi connectivity index (χ0n) is 13.2. The highest BCUT2D eigenvalue weighted by atomic mass is 16.5. The maximum Gasteiger partial charge on any atom is 0.0842 e. The third kappa shape index (κ3) is 3.62. The van der Waals surface area contributed by atoms with Crippen LogP contribution in [-0.2, 0) is 11.2 Å². The predicted molar refractivity (Wildman–Crippen MR) is 87.1 cm³/mol. The van der Waals surface area contributed by atoms with E-state index in [0.29, 0.717) is 6.42 Å². The Bertz CT molecular complexity index is 467. The molecule has 4 heteroatoms. The number of aliphatic hydroxyl groups excluding tert-OH is 2. The van der Waals surface area contributed by atoms with Crippen LogP contribution in [0.25, 0.3) is 0 Å². The first-order valence-electron chi connectivity index (χ1n) is 8.52. The first-order valence-corrected chi connectivity index (χ1v) is 8.52. The molecule has 2 N–H and O–H groups in total. The fourth-order valence-corrected chi connectivity index (χ4v) is 3.76. The molecular weight excluding hydrogens is 278 g/mol. The Morgan fingerprint density at radius 2 is 1.77 bits per heavy atom. The normalized spacial score (nSPS) is 22.7. The van der Waals surface area contributed by atoms with Gasteiger partial charge in [0.2, 0.25) is 0 Å². The number of para-hydroxylation sites is 1. The number of ether oxygens (including phenoxy) is 1. The van der Waals surface area contributed by atoms with Crippen molar-refractivity contribution in [3.63, 3.8) is 0 Å². The molecule has 2 aliphatic rings. The lowest BCUT2D eigenvalue weighted by Gasteiger charge is -2.31. The number of nitrogens with zero attached hydrogens (tertiary/aromatic N) is 1. The van der Waals surface area contributed by atoms with Crippen molar-refractivity contribution in [3.8, 4) is 0 Å². The van der Waals surface area contributed by atoms with E-state index in [1.54, 1.807) is 0 Å². The van der Waals surface area contributed by atoms with E-state index in [-0.39, 0.29) is 5.92 Å². The van der Waals surface area contributed by atoms with Crippen LogP contribution in [0.5, 0.6) is 0 Å². The van der Waals surface area contributed by atoms with E-state index in [9.17, 15) is 10.2 Å². The third-order valence-electron chi connectivity index (χ3n) is 5.05. The van der Waals surface area contributed by atoms with Crippen LogP contribution in [-0.4, -0.2) is 48.7 Å². The van der Waals surface area contributed by atoms with E-state index in [2.05, 4.69) is 17.0 Å². The summed E-state index contributed by atoms with van der Waals surface area (Å²) >= 11 is 0. The standard InChI is InChI=1S/C18H27NO3/c20-17(18(21)14-5-1-2-6-14)13-15-7-3-4-8-16(15)19-9-11-22-12-10-19/h3-4,7-8,14,17-18,20-21H,1-2,5-6,9-13H2. The van der Waals surface area contributed by atoms with Gasteiger partial charge < -0.3 is 19.8 Å². The van der Waals surface area contributed by atoms with E-state index >= 15 is 0 Å². The van der Waals surface area contributed by atoms with Gasteiger partial charge in [-0.25, -0.2) is 0 Å². The number of morpholine rings is 1. The minimum atomic E-state index is -0.676. The molecule has 1 aliphatic heterocycles. The Balaban J connectivity index is 1.68. The Morgan fingerprint density at radius 1 is 1.09 bits per heavy atom. The number of hydrogen-bond acceptors (Lipinski definition) is 4. The molecule has 0 spiro atoms. The highest BCUT2D eigenvalue weighted by Crippen LogP contribution is 2.31. The molecule has 122 valence electrons. The van der Waals surface area contributed by atoms with Crippen molar-refractivity contribution in [1.82, 2.24) is 0 Å². The largest absolute Gasteiger partial charge is 0.390 e. The van der Waals surface area contributed by atoms with Crippen LogP contribution < -0.4 is 4.90 Å². The summed E-state index contributed by atoms with van der Waals surface area (Å²) < 4.78 is 5.42. The van der Waals surface area contributed by atoms with Crippen molar-refractivity contribution in [2.45, 2.75) is 44.3 Å². The van der Waals surface area contributed by atoms with E-state index in [0.717, 1.165) is 44.7 Å². The first kappa shape index (κ1) is 15.8. The molecular formula is C18H27NO3. The minimum absolute atomic E-state index is 0.269. The summed E-state index contributed by atoms with van der Waals surface area (Å²) in [6, 6.07) is 8.22. The zero-order chi connectivity index (χ0) is 15.4. The van der Waals surface area contributed by atoms with Gasteiger partial charge in [0, 0.05) is 25.2 Å². The average Bonchev–Trinajstić information content (AvgIpc) is 3.10. The Morgan fingerprint density at radius 3 is 2.50 bits per heavy atom. The van der Waals surface area contributed by atoms with Gasteiger partial charge in [-0.05, 0) is 30.4 Å². The molecule has 1 aliphatic carbocycles. The highest BCUT2D eigenvalue weighted by Gasteiger charge is 2.29. The van der Waals surface area contributed by atoms with Crippen LogP contribution in [0.15, 0.2) is 24.3 Å². The molecule has 0 radical (unpaired) electrons. The number of anilines is 1. The van der Waals surface area contributed by atoms with Crippen molar-refractivity contribution in [2.24, 2.45) is 5.92 Å². The van der Waals surface area contributed by atoms with Crippen LogP contribution in [0.1, 0.15) is 31.2 Å². The molecule has 0 aromatic heterocycles. The van der Waals surface area contributed by atoms with Gasteiger partial charge in [0.1, 0.15) is 0 Å². The number of aliphatic hydroxyl groups is 2. The maximum atomic E-state index is 10.5. The Hall–Kier alpha value is -1.10. The first-order chi connectivity index (χ1) is 10.8. The van der Waals surface area contributed by atoms with E-state index < -0.39 is 12.2 Å². The Labute approximate surface area is 132 Å². The van der Waals surface area contributed by atoms with Gasteiger partial charge in [0.15, 0.2) is 0 Å². The second kappa shape index (κ2) is 7.44. The van der Waals surface area contributed by atoms with Gasteiger partial charge in [-0.2, -0.15) is 0 Å². The number of benzene rings is 1. The predicted octanol–water partition coefficient (Wildman–Crippen LogP) is 1.98. The fraction of sp³-hybridized carbons (Fsp3) is 0.667. The number of rotatable bonds is 5. The van der Waals surface area contributed by atoms with Gasteiger partial charge in [-0.1, -0.05) is 31.0 Å². The molecule has 3 rings (SSSR count). The third-order valence-corrected chi connectivity index (χ3v) is 5.05. The molecule has 1 saturated heterocycles. The van der Waals surface area contributed by atoms with Crippen LogP contribution in [0.2, 0.25) is 0 Å². The lowest BCUT2D eigenvalue weighted by atomic mass is 9.92. The van der Waals surface area contributed by atoms with E-state index in [1.165, 1.54) is 18.5 Å². The van der Waals surface area contributed by atoms with E-state index in [1.807, 2.05) is 12.1 Å². The summed E-state index contributed by atoms with van der Waals surface area (Å²) in [7, 11) is 0. The van der Waals surface area contributed by atoms with Crippen molar-refractivity contribution in [1.29, 1.82) is 0 Å². The smallest absolute Gasteiger partial charge is 0.0842 e. The van der Waals surface area contributed by atoms with Gasteiger partial charge in [-0.15, -0.1) is 0 Å². The van der Waals surface area contributed by atoms with Crippen LogP contribution in [0.4, 0.5) is 5.69 Å². The average molecular weight is 305 g/mol. The van der Waals surface area contributed by atoms with Crippen LogP contribution in [0.3, 0.4) is 0 Å². The van der Waals surface area contributed by atoms with Gasteiger partial charge in [-0.3, -0.25) is 0 Å². The minimum Gasteiger partial charge on any atom is -0.390 e. The molecule has 2 unspecified atom stereocenters. The summed E-state index contributed by atoms with van der Waals surface area (Å²) in [4.78, 5) is 2.31. The molecule has 22 heavy (non-hydrogen) atoms. The lowest BCUT2D eigenvalue weighted by molar-refractivity contribution is -0.0148. The molecule has 0 amide bonds. The van der Waals surface area contributed by atoms with Crippen LogP contribution >= 0.6 is 0 Å². The molecule has 1 heterocycles. The summed E-state index contributed by atoms with van der Waals surface area (Å²) in [5.74, 6) is 0.269. The maximum absolute atomic E-state index is 10.5. The van der Waals surface area contributed by atoms with Gasteiger partial charge in [0.25, 0.3) is 0 Å². The van der Waals surface area contributed by atoms with Crippen molar-refractivity contribution < 1.29 is 14.9 Å². The molecule has 4 nitrogen and oxygen atoms in total. The second-order valence-corrected chi connectivity index (χ2v) is 6.53. The van der Waals surface area contributed by atoms with Gasteiger partial charge in [0.05, 0.1) is 25.4 Å². The molecule has 1 aromatic rings. The Kier molecular flexibility index (Phi) is 5.34. The summed E-state index contributed by atoms with van der Waals surface area (Å²) in [6.07, 6.45) is 3.70. The molecule has 2 atom stereocenters. The molecule has 1 saturated carbocycles. The lowest BCUT2D eigenvalue weighted by Crippen LogP contribution is -2.38. The monoisotopic (exact) mass is 305 g/mol. The molecule has 0 bridgehead atoms. The highest BCUT2D eigenvalue weighted by molar-refractivity contribution is 5.54. The topological polar surface area (TPSA) is 52.9 Å². The molecule has 1 aromatic carbocycles. The fourth-order valence-electron chi connectivity index (χ4n) is 3.76. The van der Waals surface area contributed by atoms with Crippen molar-refractivity contribution in [2.75, 3.05) is 31.2 Å². The second-order valence-electron chi connectivity index (χ2n) is 6.53. The summed E-state index contributed by atoms with van der Waals surface area (Å²) in [5.41, 5.74) is 2.29. The SMILES string of the molecule is OC(Cc1ccccc1N1CCOCC1)C(O)C1CCCC1. The van der Waals surface area contributed by atoms with E-state index in [4.69, 9.17) is 4.74 Å². The van der Waals surface area contributed by atoms with Crippen molar-refractivity contribution in [3.05, 3.63) is 29.8 Å². The summed E-state index contributed by atoms with van der Waals surface area (Å²) in [5, 5.41) is 20.9. The van der Waals surface area contributed by atoms with Crippen LogP contribution in [0, 0.1) is 5.92 Å². The quantitative estimate of drug-likeness (QED) is 0.873. The zero-order valence-corrected chi connectivity index (χ0v) is 13.2. The summed E-state index contributed by atoms with van der Waals surface area (Å²) in [6.45, 7) is 3.28.